The van der Waals surface area contributed by atoms with Gasteiger partial charge in [0.15, 0.2) is 0 Å². The van der Waals surface area contributed by atoms with Gasteiger partial charge in [0.2, 0.25) is 5.91 Å². The van der Waals surface area contributed by atoms with Crippen LogP contribution in [0.3, 0.4) is 0 Å². The van der Waals surface area contributed by atoms with E-state index in [-0.39, 0.29) is 30.2 Å². The summed E-state index contributed by atoms with van der Waals surface area (Å²) in [6, 6.07) is 4.90. The lowest BCUT2D eigenvalue weighted by Gasteiger charge is -2.30. The molecule has 1 aliphatic heterocycles. The number of nitrogens with zero attached hydrogens (tertiary/aromatic N) is 1. The van der Waals surface area contributed by atoms with Gasteiger partial charge in [0, 0.05) is 35.8 Å². The Morgan fingerprint density at radius 2 is 2.00 bits per heavy atom. The number of rotatable bonds is 4. The lowest BCUT2D eigenvalue weighted by Crippen LogP contribution is -2.39. The third kappa shape index (κ3) is 3.38. The minimum atomic E-state index is -0.340. The Labute approximate surface area is 129 Å². The predicted molar refractivity (Wildman–Crippen MR) is 78.5 cm³/mol. The van der Waals surface area contributed by atoms with Crippen LogP contribution in [-0.2, 0) is 16.1 Å². The van der Waals surface area contributed by atoms with Crippen LogP contribution in [0.4, 0.5) is 4.39 Å². The molecule has 1 aromatic carbocycles. The Hall–Kier alpha value is -1.13. The molecular formula is C16H19ClFNO2. The largest absolute Gasteiger partial charge is 0.381 e. The Bertz CT molecular complexity index is 507. The van der Waals surface area contributed by atoms with Crippen LogP contribution in [0.1, 0.15) is 31.2 Å². The van der Waals surface area contributed by atoms with Crippen LogP contribution in [0.2, 0.25) is 5.02 Å². The van der Waals surface area contributed by atoms with Crippen molar-refractivity contribution in [2.24, 2.45) is 5.92 Å². The maximum Gasteiger partial charge on any atom is 0.226 e. The molecule has 2 fully saturated rings. The van der Waals surface area contributed by atoms with Crippen molar-refractivity contribution < 1.29 is 13.9 Å². The molecule has 0 atom stereocenters. The number of carbonyl (C=O) groups is 1. The fourth-order valence-electron chi connectivity index (χ4n) is 2.81. The molecule has 114 valence electrons. The molecule has 0 bridgehead atoms. The van der Waals surface area contributed by atoms with Gasteiger partial charge in [-0.15, -0.1) is 0 Å². The van der Waals surface area contributed by atoms with Gasteiger partial charge in [-0.1, -0.05) is 17.7 Å². The zero-order chi connectivity index (χ0) is 14.8. The molecule has 0 N–H and O–H groups in total. The molecule has 0 radical (unpaired) electrons. The first-order valence-corrected chi connectivity index (χ1v) is 7.85. The highest BCUT2D eigenvalue weighted by Crippen LogP contribution is 2.33. The first-order valence-electron chi connectivity index (χ1n) is 7.48. The predicted octanol–water partition coefficient (Wildman–Crippen LogP) is 3.40. The maximum absolute atomic E-state index is 14.0. The minimum Gasteiger partial charge on any atom is -0.381 e. The number of hydrogen-bond acceptors (Lipinski definition) is 2. The van der Waals surface area contributed by atoms with E-state index in [0.29, 0.717) is 23.8 Å². The third-order valence-electron chi connectivity index (χ3n) is 4.23. The van der Waals surface area contributed by atoms with E-state index in [9.17, 15) is 9.18 Å². The van der Waals surface area contributed by atoms with Crippen molar-refractivity contribution >= 4 is 17.5 Å². The fourth-order valence-corrected chi connectivity index (χ4v) is 3.03. The lowest BCUT2D eigenvalue weighted by atomic mass is 9.98. The van der Waals surface area contributed by atoms with Crippen molar-refractivity contribution in [1.29, 1.82) is 0 Å². The van der Waals surface area contributed by atoms with E-state index in [2.05, 4.69) is 0 Å². The topological polar surface area (TPSA) is 29.5 Å². The summed E-state index contributed by atoms with van der Waals surface area (Å²) in [4.78, 5) is 14.5. The van der Waals surface area contributed by atoms with E-state index in [0.717, 1.165) is 25.7 Å². The molecule has 1 saturated carbocycles. The van der Waals surface area contributed by atoms with E-state index in [1.807, 2.05) is 4.90 Å². The van der Waals surface area contributed by atoms with Crippen molar-refractivity contribution in [3.05, 3.63) is 34.6 Å². The molecule has 1 aromatic rings. The summed E-state index contributed by atoms with van der Waals surface area (Å²) >= 11 is 6.09. The molecular weight excluding hydrogens is 293 g/mol. The van der Waals surface area contributed by atoms with Gasteiger partial charge < -0.3 is 9.64 Å². The summed E-state index contributed by atoms with van der Waals surface area (Å²) in [5.41, 5.74) is 0.423. The van der Waals surface area contributed by atoms with Crippen LogP contribution in [0.5, 0.6) is 0 Å². The summed E-state index contributed by atoms with van der Waals surface area (Å²) in [7, 11) is 0. The number of carbonyl (C=O) groups excluding carboxylic acids is 1. The number of benzene rings is 1. The van der Waals surface area contributed by atoms with E-state index >= 15 is 0 Å². The van der Waals surface area contributed by atoms with Crippen LogP contribution >= 0.6 is 11.6 Å². The second-order valence-corrected chi connectivity index (χ2v) is 6.19. The summed E-state index contributed by atoms with van der Waals surface area (Å²) in [6.45, 7) is 1.54. The van der Waals surface area contributed by atoms with Crippen molar-refractivity contribution in [2.45, 2.75) is 38.3 Å². The van der Waals surface area contributed by atoms with Crippen molar-refractivity contribution in [1.82, 2.24) is 4.90 Å². The molecule has 21 heavy (non-hydrogen) atoms. The second kappa shape index (κ2) is 6.32. The van der Waals surface area contributed by atoms with E-state index in [1.54, 1.807) is 12.1 Å². The van der Waals surface area contributed by atoms with Gasteiger partial charge in [-0.25, -0.2) is 4.39 Å². The molecule has 1 amide bonds. The van der Waals surface area contributed by atoms with Gasteiger partial charge in [-0.05, 0) is 37.8 Å². The molecule has 3 nitrogen and oxygen atoms in total. The molecule has 5 heteroatoms. The number of halogens is 2. The normalized spacial score (nSPS) is 19.5. The Balaban J connectivity index is 1.77. The molecule has 0 unspecified atom stereocenters. The molecule has 3 rings (SSSR count). The van der Waals surface area contributed by atoms with Crippen LogP contribution < -0.4 is 0 Å². The molecule has 0 spiro atoms. The summed E-state index contributed by atoms with van der Waals surface area (Å²) in [5, 5.41) is 0.389. The fraction of sp³-hybridized carbons (Fsp3) is 0.562. The Morgan fingerprint density at radius 1 is 1.29 bits per heavy atom. The van der Waals surface area contributed by atoms with Crippen LogP contribution in [0, 0.1) is 11.7 Å². The van der Waals surface area contributed by atoms with E-state index in [4.69, 9.17) is 16.3 Å². The smallest absolute Gasteiger partial charge is 0.226 e. The monoisotopic (exact) mass is 311 g/mol. The number of hydrogen-bond donors (Lipinski definition) is 0. The SMILES string of the molecule is O=C(C1CCOCC1)N(Cc1c(F)cccc1Cl)C1CC1. The molecule has 1 aliphatic carbocycles. The van der Waals surface area contributed by atoms with Crippen LogP contribution in [-0.4, -0.2) is 30.1 Å². The van der Waals surface area contributed by atoms with Crippen molar-refractivity contribution in [3.63, 3.8) is 0 Å². The van der Waals surface area contributed by atoms with Crippen molar-refractivity contribution in [2.75, 3.05) is 13.2 Å². The summed E-state index contributed by atoms with van der Waals surface area (Å²) in [5.74, 6) is -0.210. The Morgan fingerprint density at radius 3 is 2.62 bits per heavy atom. The summed E-state index contributed by atoms with van der Waals surface area (Å²) < 4.78 is 19.3. The van der Waals surface area contributed by atoms with Gasteiger partial charge in [0.05, 0.1) is 6.54 Å². The highest BCUT2D eigenvalue weighted by atomic mass is 35.5. The highest BCUT2D eigenvalue weighted by Gasteiger charge is 2.36. The number of ether oxygens (including phenoxy) is 1. The molecule has 1 heterocycles. The number of amides is 1. The van der Waals surface area contributed by atoms with E-state index in [1.165, 1.54) is 6.07 Å². The molecule has 1 saturated heterocycles. The van der Waals surface area contributed by atoms with Crippen LogP contribution in [0.15, 0.2) is 18.2 Å². The minimum absolute atomic E-state index is 0.00454. The van der Waals surface area contributed by atoms with Gasteiger partial charge in [-0.2, -0.15) is 0 Å². The Kier molecular flexibility index (Phi) is 4.45. The standard InChI is InChI=1S/C16H19ClFNO2/c17-14-2-1-3-15(18)13(14)10-19(12-4-5-12)16(20)11-6-8-21-9-7-11/h1-3,11-12H,4-10H2. The zero-order valence-electron chi connectivity index (χ0n) is 11.9. The first kappa shape index (κ1) is 14.8. The lowest BCUT2D eigenvalue weighted by molar-refractivity contribution is -0.139. The first-order chi connectivity index (χ1) is 10.2. The average molecular weight is 312 g/mol. The molecule has 0 aromatic heterocycles. The van der Waals surface area contributed by atoms with Crippen molar-refractivity contribution in [3.8, 4) is 0 Å². The summed E-state index contributed by atoms with van der Waals surface area (Å²) in [6.07, 6.45) is 3.52. The maximum atomic E-state index is 14.0. The van der Waals surface area contributed by atoms with E-state index < -0.39 is 0 Å². The van der Waals surface area contributed by atoms with Gasteiger partial charge in [-0.3, -0.25) is 4.79 Å². The van der Waals surface area contributed by atoms with Gasteiger partial charge >= 0.3 is 0 Å². The van der Waals surface area contributed by atoms with Gasteiger partial charge in [0.25, 0.3) is 0 Å². The zero-order valence-corrected chi connectivity index (χ0v) is 12.6. The average Bonchev–Trinajstić information content (AvgIpc) is 3.32. The van der Waals surface area contributed by atoms with Gasteiger partial charge in [0.1, 0.15) is 5.82 Å². The van der Waals surface area contributed by atoms with Crippen LogP contribution in [0.25, 0.3) is 0 Å². The highest BCUT2D eigenvalue weighted by molar-refractivity contribution is 6.31. The second-order valence-electron chi connectivity index (χ2n) is 5.78. The third-order valence-corrected chi connectivity index (χ3v) is 4.59. The molecule has 2 aliphatic rings. The quantitative estimate of drug-likeness (QED) is 0.853.